The highest BCUT2D eigenvalue weighted by Gasteiger charge is 2.17. The molecule has 0 atom stereocenters. The lowest BCUT2D eigenvalue weighted by Gasteiger charge is -2.11. The molecule has 46 heavy (non-hydrogen) atoms. The van der Waals surface area contributed by atoms with E-state index in [1.165, 1.54) is 44.1 Å². The van der Waals surface area contributed by atoms with E-state index < -0.39 is 0 Å². The first-order chi connectivity index (χ1) is 22.7. The Kier molecular flexibility index (Phi) is 13.9. The third-order valence-corrected chi connectivity index (χ3v) is 7.47. The fraction of sp³-hybridized carbons (Fsp3) is 0.136. The maximum atomic E-state index is 5.78. The standard InChI is InChI=1S/C34H31NO.C6H6.C2H6.C2H2/c1-5-8-9-10-12-25-13-16-27(17-14-25)35-32-19-15-26(28(11-6-2)24(4)7-3)23-31(32)29-18-20-33-30(34(29)35)21-22-36-33;1-2-4-6-5-3-1;2*1-2/h5-11,13-23H,2,12H2,1,3-4H3;1-6H;1-2H3;1-2H/b8-5-,10-9-,24-7-,28-11+;;;. The van der Waals surface area contributed by atoms with Crippen molar-refractivity contribution < 1.29 is 4.42 Å². The molecule has 0 aliphatic rings. The number of allylic oxidation sites excluding steroid dienone is 9. The minimum atomic E-state index is 0.898. The molecule has 0 radical (unpaired) electrons. The monoisotopic (exact) mass is 603 g/mol. The van der Waals surface area contributed by atoms with Crippen LogP contribution < -0.4 is 0 Å². The van der Waals surface area contributed by atoms with Crippen molar-refractivity contribution in [1.82, 2.24) is 4.57 Å². The predicted octanol–water partition coefficient (Wildman–Crippen LogP) is 12.7. The lowest BCUT2D eigenvalue weighted by molar-refractivity contribution is 0.616. The van der Waals surface area contributed by atoms with Gasteiger partial charge in [-0.1, -0.05) is 118 Å². The van der Waals surface area contributed by atoms with E-state index in [9.17, 15) is 0 Å². The van der Waals surface area contributed by atoms with Crippen LogP contribution in [-0.4, -0.2) is 4.57 Å². The van der Waals surface area contributed by atoms with Crippen molar-refractivity contribution in [3.05, 3.63) is 169 Å². The van der Waals surface area contributed by atoms with E-state index in [0.717, 1.165) is 23.1 Å². The Hall–Kier alpha value is -5.52. The van der Waals surface area contributed by atoms with E-state index in [2.05, 4.69) is 129 Å². The molecule has 0 N–H and O–H groups in total. The normalized spacial score (nSPS) is 11.5. The van der Waals surface area contributed by atoms with Gasteiger partial charge in [0.2, 0.25) is 0 Å². The molecule has 2 heterocycles. The van der Waals surface area contributed by atoms with Crippen LogP contribution in [0.3, 0.4) is 0 Å². The van der Waals surface area contributed by atoms with E-state index in [1.807, 2.05) is 69.3 Å². The molecule has 2 aromatic heterocycles. The summed E-state index contributed by atoms with van der Waals surface area (Å²) in [4.78, 5) is 0. The van der Waals surface area contributed by atoms with E-state index in [4.69, 9.17) is 4.42 Å². The van der Waals surface area contributed by atoms with Crippen molar-refractivity contribution in [2.45, 2.75) is 41.0 Å². The number of terminal acetylenes is 1. The molecule has 0 bridgehead atoms. The first-order valence-electron chi connectivity index (χ1n) is 15.8. The summed E-state index contributed by atoms with van der Waals surface area (Å²) < 4.78 is 8.15. The summed E-state index contributed by atoms with van der Waals surface area (Å²) in [6, 6.07) is 34.0. The third-order valence-electron chi connectivity index (χ3n) is 7.47. The first kappa shape index (κ1) is 35.0. The first-order valence-corrected chi connectivity index (χ1v) is 15.8. The molecule has 6 aromatic rings. The molecule has 2 heteroatoms. The van der Waals surface area contributed by atoms with Crippen LogP contribution in [0.2, 0.25) is 0 Å². The van der Waals surface area contributed by atoms with Crippen LogP contribution >= 0.6 is 0 Å². The SMILES string of the molecule is C#C.C=C/C=C(\C(C)=C/C)c1ccc2c(c1)c1ccc3occc3c1n2-c1ccc(C/C=C\C=C/C)cc1.CC.c1ccccc1. The van der Waals surface area contributed by atoms with Crippen LogP contribution in [0.25, 0.3) is 44.0 Å². The smallest absolute Gasteiger partial charge is 0.136 e. The Bertz CT molecular complexity index is 1940. The Morgan fingerprint density at radius 2 is 1.48 bits per heavy atom. The van der Waals surface area contributed by atoms with Crippen LogP contribution in [0.4, 0.5) is 0 Å². The van der Waals surface area contributed by atoms with Crippen molar-refractivity contribution in [1.29, 1.82) is 0 Å². The van der Waals surface area contributed by atoms with Crippen LogP contribution in [0, 0.1) is 12.8 Å². The number of aromatic nitrogens is 1. The molecule has 0 unspecified atom stereocenters. The fourth-order valence-corrected chi connectivity index (χ4v) is 5.28. The molecule has 0 aliphatic carbocycles. The van der Waals surface area contributed by atoms with Crippen LogP contribution in [0.1, 0.15) is 45.7 Å². The van der Waals surface area contributed by atoms with Gasteiger partial charge >= 0.3 is 0 Å². The van der Waals surface area contributed by atoms with Gasteiger partial charge in [-0.25, -0.2) is 0 Å². The Morgan fingerprint density at radius 1 is 0.804 bits per heavy atom. The van der Waals surface area contributed by atoms with Crippen LogP contribution in [-0.2, 0) is 6.42 Å². The number of benzene rings is 4. The van der Waals surface area contributed by atoms with Crippen molar-refractivity contribution in [3.63, 3.8) is 0 Å². The zero-order chi connectivity index (χ0) is 33.3. The van der Waals surface area contributed by atoms with Gasteiger partial charge in [0, 0.05) is 21.8 Å². The molecular formula is C44H45NO. The van der Waals surface area contributed by atoms with E-state index in [-0.39, 0.29) is 0 Å². The molecule has 0 saturated carbocycles. The van der Waals surface area contributed by atoms with Gasteiger partial charge in [-0.2, -0.15) is 0 Å². The van der Waals surface area contributed by atoms with Crippen molar-refractivity contribution in [2.24, 2.45) is 0 Å². The molecule has 0 aliphatic heterocycles. The molecule has 6 rings (SSSR count). The molecular weight excluding hydrogens is 558 g/mol. The zero-order valence-electron chi connectivity index (χ0n) is 27.8. The number of hydrogen-bond donors (Lipinski definition) is 0. The van der Waals surface area contributed by atoms with E-state index in [1.54, 1.807) is 6.26 Å². The van der Waals surface area contributed by atoms with Crippen molar-refractivity contribution in [3.8, 4) is 18.5 Å². The highest BCUT2D eigenvalue weighted by molar-refractivity contribution is 6.18. The quantitative estimate of drug-likeness (QED) is 0.131. The highest BCUT2D eigenvalue weighted by atomic mass is 16.3. The number of furan rings is 1. The maximum absolute atomic E-state index is 5.78. The molecule has 4 aromatic carbocycles. The summed E-state index contributed by atoms with van der Waals surface area (Å²) in [7, 11) is 0. The second-order valence-electron chi connectivity index (χ2n) is 10.1. The number of nitrogens with zero attached hydrogens (tertiary/aromatic N) is 1. The Labute approximate surface area is 275 Å². The fourth-order valence-electron chi connectivity index (χ4n) is 5.28. The Balaban J connectivity index is 0.000000503. The van der Waals surface area contributed by atoms with E-state index >= 15 is 0 Å². The molecule has 2 nitrogen and oxygen atoms in total. The van der Waals surface area contributed by atoms with Crippen molar-refractivity contribution >= 4 is 38.3 Å². The average Bonchev–Trinajstić information content (AvgIpc) is 3.74. The largest absolute Gasteiger partial charge is 0.464 e. The second kappa shape index (κ2) is 18.3. The Morgan fingerprint density at radius 3 is 2.09 bits per heavy atom. The topological polar surface area (TPSA) is 18.1 Å². The van der Waals surface area contributed by atoms with Gasteiger partial charge in [0.15, 0.2) is 0 Å². The average molecular weight is 604 g/mol. The summed E-state index contributed by atoms with van der Waals surface area (Å²) in [5, 5.41) is 3.56. The van der Waals surface area contributed by atoms with Gasteiger partial charge in [0.1, 0.15) is 5.58 Å². The molecule has 0 fully saturated rings. The lowest BCUT2D eigenvalue weighted by atomic mass is 9.96. The summed E-state index contributed by atoms with van der Waals surface area (Å²) >= 11 is 0. The van der Waals surface area contributed by atoms with Crippen molar-refractivity contribution in [2.75, 3.05) is 0 Å². The zero-order valence-corrected chi connectivity index (χ0v) is 27.8. The number of fused-ring (bicyclic) bond motifs is 5. The molecule has 0 spiro atoms. The predicted molar refractivity (Wildman–Crippen MR) is 203 cm³/mol. The summed E-state index contributed by atoms with van der Waals surface area (Å²) in [5.74, 6) is 0. The van der Waals surface area contributed by atoms with Gasteiger partial charge in [-0.05, 0) is 91.9 Å². The van der Waals surface area contributed by atoms with Gasteiger partial charge in [-0.3, -0.25) is 0 Å². The maximum Gasteiger partial charge on any atom is 0.136 e. The van der Waals surface area contributed by atoms with E-state index in [0.29, 0.717) is 0 Å². The van der Waals surface area contributed by atoms with Crippen LogP contribution in [0.5, 0.6) is 0 Å². The summed E-state index contributed by atoms with van der Waals surface area (Å²) in [5.41, 5.74) is 9.29. The number of hydrogen-bond acceptors (Lipinski definition) is 1. The third kappa shape index (κ3) is 8.14. The second-order valence-corrected chi connectivity index (χ2v) is 10.1. The lowest BCUT2D eigenvalue weighted by Crippen LogP contribution is -1.95. The molecule has 0 amide bonds. The molecule has 232 valence electrons. The minimum absolute atomic E-state index is 0.898. The number of rotatable bonds is 7. The molecule has 0 saturated heterocycles. The van der Waals surface area contributed by atoms with Gasteiger partial charge in [0.25, 0.3) is 0 Å². The van der Waals surface area contributed by atoms with Gasteiger partial charge in [-0.15, -0.1) is 12.8 Å². The van der Waals surface area contributed by atoms with Crippen LogP contribution in [0.15, 0.2) is 162 Å². The van der Waals surface area contributed by atoms with Gasteiger partial charge < -0.3 is 8.98 Å². The highest BCUT2D eigenvalue weighted by Crippen LogP contribution is 2.38. The van der Waals surface area contributed by atoms with Gasteiger partial charge in [0.05, 0.1) is 17.3 Å². The summed E-state index contributed by atoms with van der Waals surface area (Å²) in [6.07, 6.45) is 25.2. The minimum Gasteiger partial charge on any atom is -0.464 e. The summed E-state index contributed by atoms with van der Waals surface area (Å²) in [6.45, 7) is 14.2.